The van der Waals surface area contributed by atoms with Crippen molar-refractivity contribution in [2.75, 3.05) is 24.7 Å². The van der Waals surface area contributed by atoms with Gasteiger partial charge in [-0.1, -0.05) is 6.07 Å². The Hall–Kier alpha value is -1.89. The Bertz CT molecular complexity index is 608. The zero-order chi connectivity index (χ0) is 14.7. The first-order valence-corrected chi connectivity index (χ1v) is 6.95. The van der Waals surface area contributed by atoms with E-state index in [9.17, 15) is 0 Å². The van der Waals surface area contributed by atoms with Crippen molar-refractivity contribution in [3.05, 3.63) is 41.9 Å². The molecule has 1 aromatic heterocycles. The molecule has 6 nitrogen and oxygen atoms in total. The minimum atomic E-state index is -0.145. The van der Waals surface area contributed by atoms with Crippen LogP contribution in [0.15, 0.2) is 36.7 Å². The second-order valence-corrected chi connectivity index (χ2v) is 4.96. The lowest BCUT2D eigenvalue weighted by Gasteiger charge is -2.34. The van der Waals surface area contributed by atoms with Crippen molar-refractivity contribution in [2.45, 2.75) is 6.17 Å². The van der Waals surface area contributed by atoms with Gasteiger partial charge >= 0.3 is 0 Å². The van der Waals surface area contributed by atoms with Crippen LogP contribution in [0.4, 0.5) is 5.69 Å². The van der Waals surface area contributed by atoms with Gasteiger partial charge in [-0.15, -0.1) is 0 Å². The predicted molar refractivity (Wildman–Crippen MR) is 79.7 cm³/mol. The lowest BCUT2D eigenvalue weighted by Crippen LogP contribution is -2.50. The minimum Gasteiger partial charge on any atom is -0.454 e. The fourth-order valence-corrected chi connectivity index (χ4v) is 2.26. The number of aromatic nitrogens is 2. The lowest BCUT2D eigenvalue weighted by atomic mass is 10.2. The zero-order valence-corrected chi connectivity index (χ0v) is 12.0. The Kier molecular flexibility index (Phi) is 4.19. The molecule has 1 aromatic carbocycles. The summed E-state index contributed by atoms with van der Waals surface area (Å²) in [6, 6.07) is 7.71. The summed E-state index contributed by atoms with van der Waals surface area (Å²) >= 11 is 5.65. The van der Waals surface area contributed by atoms with Gasteiger partial charge in [0.05, 0.1) is 25.6 Å². The number of halogens is 1. The Morgan fingerprint density at radius 3 is 2.86 bits per heavy atom. The second-order valence-electron chi connectivity index (χ2n) is 4.62. The first-order valence-electron chi connectivity index (χ1n) is 6.58. The molecule has 0 spiro atoms. The molecule has 0 radical (unpaired) electrons. The zero-order valence-electron chi connectivity index (χ0n) is 11.3. The van der Waals surface area contributed by atoms with E-state index in [-0.39, 0.29) is 11.4 Å². The second kappa shape index (κ2) is 6.26. The fraction of sp³-hybridized carbons (Fsp3) is 0.286. The number of nitrogens with zero attached hydrogens (tertiary/aromatic N) is 3. The highest BCUT2D eigenvalue weighted by molar-refractivity contribution is 6.28. The van der Waals surface area contributed by atoms with Gasteiger partial charge in [0, 0.05) is 18.3 Å². The largest absolute Gasteiger partial charge is 0.454 e. The Morgan fingerprint density at radius 2 is 2.10 bits per heavy atom. The van der Waals surface area contributed by atoms with Crippen LogP contribution in [0, 0.1) is 0 Å². The number of rotatable bonds is 3. The van der Waals surface area contributed by atoms with Crippen LogP contribution in [-0.4, -0.2) is 35.9 Å². The maximum atomic E-state index is 6.06. The minimum absolute atomic E-state index is 0.145. The standard InChI is InChI=1S/C14H15ClN4O2/c15-14-17-7-12(8-18-14)21-11-3-1-2-10(6-11)19-4-5-20-9-13(19)16/h1-3,6-8,13H,4-5,9,16H2. The van der Waals surface area contributed by atoms with E-state index in [1.165, 1.54) is 12.4 Å². The van der Waals surface area contributed by atoms with Gasteiger partial charge in [0.1, 0.15) is 11.9 Å². The van der Waals surface area contributed by atoms with Crippen molar-refractivity contribution in [1.82, 2.24) is 9.97 Å². The number of hydrogen-bond donors (Lipinski definition) is 1. The van der Waals surface area contributed by atoms with Gasteiger partial charge < -0.3 is 20.1 Å². The Morgan fingerprint density at radius 1 is 1.29 bits per heavy atom. The van der Waals surface area contributed by atoms with Crippen molar-refractivity contribution in [3.63, 3.8) is 0 Å². The molecule has 110 valence electrons. The third-order valence-corrected chi connectivity index (χ3v) is 3.34. The van der Waals surface area contributed by atoms with Gasteiger partial charge in [0.25, 0.3) is 0 Å². The third-order valence-electron chi connectivity index (χ3n) is 3.15. The molecule has 1 aliphatic rings. The average Bonchev–Trinajstić information content (AvgIpc) is 2.50. The van der Waals surface area contributed by atoms with Crippen molar-refractivity contribution in [1.29, 1.82) is 0 Å². The van der Waals surface area contributed by atoms with E-state index in [1.807, 2.05) is 24.3 Å². The van der Waals surface area contributed by atoms with Crippen LogP contribution in [-0.2, 0) is 4.74 Å². The molecule has 1 unspecified atom stereocenters. The molecule has 7 heteroatoms. The van der Waals surface area contributed by atoms with E-state index in [0.717, 1.165) is 12.2 Å². The first kappa shape index (κ1) is 14.1. The van der Waals surface area contributed by atoms with Crippen molar-refractivity contribution in [3.8, 4) is 11.5 Å². The van der Waals surface area contributed by atoms with Crippen LogP contribution < -0.4 is 15.4 Å². The molecule has 21 heavy (non-hydrogen) atoms. The van der Waals surface area contributed by atoms with Gasteiger partial charge in [0.2, 0.25) is 5.28 Å². The number of nitrogens with two attached hydrogens (primary N) is 1. The molecular weight excluding hydrogens is 292 g/mol. The van der Waals surface area contributed by atoms with Crippen LogP contribution >= 0.6 is 11.6 Å². The Balaban J connectivity index is 1.78. The maximum absolute atomic E-state index is 6.06. The van der Waals surface area contributed by atoms with E-state index in [0.29, 0.717) is 24.7 Å². The van der Waals surface area contributed by atoms with E-state index in [1.54, 1.807) is 0 Å². The first-order chi connectivity index (χ1) is 10.2. The van der Waals surface area contributed by atoms with Gasteiger partial charge in [-0.3, -0.25) is 0 Å². The van der Waals surface area contributed by atoms with E-state index in [2.05, 4.69) is 14.9 Å². The molecular formula is C14H15ClN4O2. The average molecular weight is 307 g/mol. The fourth-order valence-electron chi connectivity index (χ4n) is 2.16. The number of ether oxygens (including phenoxy) is 2. The topological polar surface area (TPSA) is 73.5 Å². The highest BCUT2D eigenvalue weighted by Gasteiger charge is 2.19. The summed E-state index contributed by atoms with van der Waals surface area (Å²) in [5, 5.41) is 0.190. The molecule has 3 rings (SSSR count). The summed E-state index contributed by atoms with van der Waals surface area (Å²) in [6.07, 6.45) is 2.91. The highest BCUT2D eigenvalue weighted by Crippen LogP contribution is 2.26. The molecule has 0 saturated carbocycles. The predicted octanol–water partition coefficient (Wildman–Crippen LogP) is 2.04. The van der Waals surface area contributed by atoms with E-state index in [4.69, 9.17) is 26.8 Å². The molecule has 2 aromatic rings. The molecule has 0 bridgehead atoms. The number of morpholine rings is 1. The molecule has 1 atom stereocenters. The van der Waals surface area contributed by atoms with Gasteiger partial charge in [0.15, 0.2) is 5.75 Å². The molecule has 1 fully saturated rings. The highest BCUT2D eigenvalue weighted by atomic mass is 35.5. The summed E-state index contributed by atoms with van der Waals surface area (Å²) in [5.74, 6) is 1.22. The number of anilines is 1. The number of benzene rings is 1. The lowest BCUT2D eigenvalue weighted by molar-refractivity contribution is 0.0958. The Labute approximate surface area is 127 Å². The van der Waals surface area contributed by atoms with Crippen molar-refractivity contribution < 1.29 is 9.47 Å². The van der Waals surface area contributed by atoms with Crippen molar-refractivity contribution in [2.24, 2.45) is 5.73 Å². The van der Waals surface area contributed by atoms with Crippen LogP contribution in [0.2, 0.25) is 5.28 Å². The normalized spacial score (nSPS) is 18.6. The van der Waals surface area contributed by atoms with Crippen LogP contribution in [0.3, 0.4) is 0 Å². The summed E-state index contributed by atoms with van der Waals surface area (Å²) in [6.45, 7) is 1.95. The molecule has 0 amide bonds. The summed E-state index contributed by atoms with van der Waals surface area (Å²) in [5.41, 5.74) is 7.05. The molecule has 0 aliphatic carbocycles. The monoisotopic (exact) mass is 306 g/mol. The molecule has 2 N–H and O–H groups in total. The van der Waals surface area contributed by atoms with E-state index < -0.39 is 0 Å². The smallest absolute Gasteiger partial charge is 0.222 e. The third kappa shape index (κ3) is 3.41. The SMILES string of the molecule is NC1COCCN1c1cccc(Oc2cnc(Cl)nc2)c1. The van der Waals surface area contributed by atoms with Crippen LogP contribution in [0.25, 0.3) is 0 Å². The molecule has 2 heterocycles. The van der Waals surface area contributed by atoms with Gasteiger partial charge in [-0.25, -0.2) is 9.97 Å². The summed E-state index contributed by atoms with van der Waals surface area (Å²) in [7, 11) is 0. The summed E-state index contributed by atoms with van der Waals surface area (Å²) in [4.78, 5) is 9.86. The summed E-state index contributed by atoms with van der Waals surface area (Å²) < 4.78 is 11.1. The van der Waals surface area contributed by atoms with Crippen LogP contribution in [0.5, 0.6) is 11.5 Å². The molecule has 1 saturated heterocycles. The number of hydrogen-bond acceptors (Lipinski definition) is 6. The van der Waals surface area contributed by atoms with Crippen molar-refractivity contribution >= 4 is 17.3 Å². The maximum Gasteiger partial charge on any atom is 0.222 e. The van der Waals surface area contributed by atoms with E-state index >= 15 is 0 Å². The van der Waals surface area contributed by atoms with Gasteiger partial charge in [-0.2, -0.15) is 0 Å². The quantitative estimate of drug-likeness (QED) is 0.875. The molecule has 1 aliphatic heterocycles. The van der Waals surface area contributed by atoms with Crippen LogP contribution in [0.1, 0.15) is 0 Å². The van der Waals surface area contributed by atoms with Gasteiger partial charge in [-0.05, 0) is 23.7 Å².